The second-order valence-electron chi connectivity index (χ2n) is 2.63. The van der Waals surface area contributed by atoms with Gasteiger partial charge in [0.05, 0.1) is 0 Å². The quantitative estimate of drug-likeness (QED) is 0.660. The van der Waals surface area contributed by atoms with Gasteiger partial charge in [-0.05, 0) is 18.6 Å². The van der Waals surface area contributed by atoms with E-state index >= 15 is 0 Å². The zero-order chi connectivity index (χ0) is 9.14. The third-order valence-electron chi connectivity index (χ3n) is 1.76. The highest BCUT2D eigenvalue weighted by Gasteiger charge is 2.07. The van der Waals surface area contributed by atoms with Gasteiger partial charge in [0, 0.05) is 12.7 Å². The van der Waals surface area contributed by atoms with Gasteiger partial charge in [-0.2, -0.15) is 0 Å². The van der Waals surface area contributed by atoms with E-state index in [0.29, 0.717) is 0 Å². The molecule has 0 saturated heterocycles. The number of aryl methyl sites for hydroxylation is 1. The third-order valence-corrected chi connectivity index (χ3v) is 2.06. The van der Waals surface area contributed by atoms with E-state index in [1.54, 1.807) is 7.05 Å². The smallest absolute Gasteiger partial charge is 0.282 e. The Morgan fingerprint density at radius 1 is 1.42 bits per heavy atom. The van der Waals surface area contributed by atoms with Gasteiger partial charge in [0.1, 0.15) is 0 Å². The van der Waals surface area contributed by atoms with Crippen LogP contribution in [-0.4, -0.2) is 12.3 Å². The first-order valence-corrected chi connectivity index (χ1v) is 4.10. The summed E-state index contributed by atoms with van der Waals surface area (Å²) in [7, 11) is 1.71. The predicted octanol–water partition coefficient (Wildman–Crippen LogP) is 2.48. The maximum atomic E-state index is 10.9. The Morgan fingerprint density at radius 3 is 2.50 bits per heavy atom. The number of anilines is 1. The maximum Gasteiger partial charge on any atom is 0.282 e. The fourth-order valence-electron chi connectivity index (χ4n) is 1.04. The molecule has 0 atom stereocenters. The van der Waals surface area contributed by atoms with E-state index in [1.165, 1.54) is 4.90 Å². The number of thiol groups is 1. The van der Waals surface area contributed by atoms with E-state index in [9.17, 15) is 4.79 Å². The van der Waals surface area contributed by atoms with E-state index < -0.39 is 0 Å². The molecule has 0 N–H and O–H groups in total. The molecule has 0 aromatic heterocycles. The van der Waals surface area contributed by atoms with Crippen LogP contribution in [0.5, 0.6) is 0 Å². The van der Waals surface area contributed by atoms with Crippen molar-refractivity contribution >= 4 is 23.6 Å². The van der Waals surface area contributed by atoms with Gasteiger partial charge in [0.15, 0.2) is 0 Å². The monoisotopic (exact) mass is 181 g/mol. The highest BCUT2D eigenvalue weighted by Crippen LogP contribution is 2.18. The minimum atomic E-state index is -0.246. The Balaban J connectivity index is 3.02. The van der Waals surface area contributed by atoms with Crippen LogP contribution in [0.25, 0.3) is 0 Å². The van der Waals surface area contributed by atoms with Crippen molar-refractivity contribution in [3.05, 3.63) is 29.8 Å². The summed E-state index contributed by atoms with van der Waals surface area (Å²) in [6.45, 7) is 1.96. The van der Waals surface area contributed by atoms with E-state index in [-0.39, 0.29) is 5.24 Å². The van der Waals surface area contributed by atoms with Crippen LogP contribution in [0.15, 0.2) is 24.3 Å². The van der Waals surface area contributed by atoms with Crippen molar-refractivity contribution in [2.24, 2.45) is 0 Å². The fraction of sp³-hybridized carbons (Fsp3) is 0.222. The summed E-state index contributed by atoms with van der Waals surface area (Å²) in [5.74, 6) is 0. The molecule has 1 rings (SSSR count). The average Bonchev–Trinajstić information content (AvgIpc) is 2.04. The number of hydrogen-bond acceptors (Lipinski definition) is 1. The van der Waals surface area contributed by atoms with Crippen LogP contribution in [0, 0.1) is 6.92 Å². The van der Waals surface area contributed by atoms with Gasteiger partial charge in [-0.1, -0.05) is 30.8 Å². The van der Waals surface area contributed by atoms with Crippen LogP contribution >= 0.6 is 12.6 Å². The van der Waals surface area contributed by atoms with Crippen molar-refractivity contribution in [2.45, 2.75) is 6.92 Å². The van der Waals surface area contributed by atoms with Gasteiger partial charge in [0.2, 0.25) is 0 Å². The second kappa shape index (κ2) is 3.63. The highest BCUT2D eigenvalue weighted by molar-refractivity contribution is 7.96. The van der Waals surface area contributed by atoms with Gasteiger partial charge < -0.3 is 4.90 Å². The van der Waals surface area contributed by atoms with Gasteiger partial charge in [-0.25, -0.2) is 0 Å². The van der Waals surface area contributed by atoms with Crippen LogP contribution in [-0.2, 0) is 0 Å². The van der Waals surface area contributed by atoms with Crippen LogP contribution in [0.2, 0.25) is 0 Å². The molecular weight excluding hydrogens is 170 g/mol. The van der Waals surface area contributed by atoms with Crippen molar-refractivity contribution in [2.75, 3.05) is 11.9 Å². The summed E-state index contributed by atoms with van der Waals surface area (Å²) in [6.07, 6.45) is 0. The molecule has 0 aliphatic carbocycles. The molecule has 1 amide bonds. The first-order valence-electron chi connectivity index (χ1n) is 3.65. The summed E-state index contributed by atoms with van der Waals surface area (Å²) in [6, 6.07) is 7.69. The lowest BCUT2D eigenvalue weighted by atomic mass is 10.2. The average molecular weight is 181 g/mol. The van der Waals surface area contributed by atoms with Crippen molar-refractivity contribution < 1.29 is 4.79 Å². The van der Waals surface area contributed by atoms with E-state index in [1.807, 2.05) is 31.2 Å². The molecule has 0 bridgehead atoms. The Bertz CT molecular complexity index is 298. The number of amides is 1. The molecule has 0 heterocycles. The number of rotatable bonds is 1. The van der Waals surface area contributed by atoms with Gasteiger partial charge in [-0.15, -0.1) is 0 Å². The molecule has 64 valence electrons. The van der Waals surface area contributed by atoms with Crippen LogP contribution in [0.3, 0.4) is 0 Å². The Kier molecular flexibility index (Phi) is 2.76. The third kappa shape index (κ3) is 1.80. The second-order valence-corrected chi connectivity index (χ2v) is 3.01. The van der Waals surface area contributed by atoms with Crippen molar-refractivity contribution in [1.29, 1.82) is 0 Å². The van der Waals surface area contributed by atoms with E-state index in [2.05, 4.69) is 12.6 Å². The molecule has 0 radical (unpaired) electrons. The lowest BCUT2D eigenvalue weighted by molar-refractivity contribution is 0.266. The zero-order valence-electron chi connectivity index (χ0n) is 7.11. The zero-order valence-corrected chi connectivity index (χ0v) is 8.01. The SMILES string of the molecule is Cc1ccccc1N(C)C(=O)S. The number of para-hydroxylation sites is 1. The number of carbonyl (C=O) groups excluding carboxylic acids is 1. The molecule has 0 fully saturated rings. The molecule has 0 saturated carbocycles. The Labute approximate surface area is 77.6 Å². The van der Waals surface area contributed by atoms with Gasteiger partial charge >= 0.3 is 0 Å². The Hall–Kier alpha value is -0.960. The normalized spacial score (nSPS) is 9.58. The maximum absolute atomic E-state index is 10.9. The van der Waals surface area contributed by atoms with Crippen LogP contribution in [0.4, 0.5) is 10.5 Å². The fourth-order valence-corrected chi connectivity index (χ4v) is 1.15. The summed E-state index contributed by atoms with van der Waals surface area (Å²) in [5, 5.41) is -0.246. The summed E-state index contributed by atoms with van der Waals surface area (Å²) in [5.41, 5.74) is 1.97. The molecule has 2 nitrogen and oxygen atoms in total. The highest BCUT2D eigenvalue weighted by atomic mass is 32.1. The van der Waals surface area contributed by atoms with Gasteiger partial charge in [-0.3, -0.25) is 4.79 Å². The first kappa shape index (κ1) is 9.13. The van der Waals surface area contributed by atoms with Crippen molar-refractivity contribution in [3.8, 4) is 0 Å². The molecule has 1 aromatic carbocycles. The molecular formula is C9H11NOS. The molecule has 0 aliphatic rings. The minimum Gasteiger partial charge on any atom is -0.306 e. The molecule has 1 aromatic rings. The molecule has 12 heavy (non-hydrogen) atoms. The van der Waals surface area contributed by atoms with Gasteiger partial charge in [0.25, 0.3) is 5.24 Å². The molecule has 3 heteroatoms. The number of benzene rings is 1. The molecule has 0 aliphatic heterocycles. The summed E-state index contributed by atoms with van der Waals surface area (Å²) >= 11 is 3.74. The van der Waals surface area contributed by atoms with Crippen molar-refractivity contribution in [3.63, 3.8) is 0 Å². The largest absolute Gasteiger partial charge is 0.306 e. The lowest BCUT2D eigenvalue weighted by Gasteiger charge is -2.16. The summed E-state index contributed by atoms with van der Waals surface area (Å²) in [4.78, 5) is 12.4. The Morgan fingerprint density at radius 2 is 2.00 bits per heavy atom. The van der Waals surface area contributed by atoms with Crippen LogP contribution < -0.4 is 4.90 Å². The van der Waals surface area contributed by atoms with Crippen molar-refractivity contribution in [1.82, 2.24) is 0 Å². The lowest BCUT2D eigenvalue weighted by Crippen LogP contribution is -2.20. The topological polar surface area (TPSA) is 20.3 Å². The predicted molar refractivity (Wildman–Crippen MR) is 54.0 cm³/mol. The number of hydrogen-bond donors (Lipinski definition) is 1. The molecule has 0 unspecified atom stereocenters. The standard InChI is InChI=1S/C9H11NOS/c1-7-5-3-4-6-8(7)10(2)9(11)12/h3-6H,1-2H3,(H,11,12). The number of nitrogens with zero attached hydrogens (tertiary/aromatic N) is 1. The molecule has 0 spiro atoms. The minimum absolute atomic E-state index is 0.246. The van der Waals surface area contributed by atoms with Crippen LogP contribution in [0.1, 0.15) is 5.56 Å². The summed E-state index contributed by atoms with van der Waals surface area (Å²) < 4.78 is 0. The number of carbonyl (C=O) groups is 1. The first-order chi connectivity index (χ1) is 5.63. The van der Waals surface area contributed by atoms with E-state index in [4.69, 9.17) is 0 Å². The van der Waals surface area contributed by atoms with E-state index in [0.717, 1.165) is 11.3 Å².